The maximum absolute atomic E-state index is 10.8. The number of ether oxygens (including phenoxy) is 2. The number of hydrogen-bond donors (Lipinski definition) is 1. The van der Waals surface area contributed by atoms with E-state index in [2.05, 4.69) is 5.16 Å². The highest BCUT2D eigenvalue weighted by Gasteiger charge is 2.28. The molecule has 1 aliphatic rings. The van der Waals surface area contributed by atoms with Crippen molar-refractivity contribution in [3.63, 3.8) is 0 Å². The topological polar surface area (TPSA) is 101 Å². The summed E-state index contributed by atoms with van der Waals surface area (Å²) >= 11 is 0. The Morgan fingerprint density at radius 1 is 1.13 bits per heavy atom. The van der Waals surface area contributed by atoms with Crippen LogP contribution >= 0.6 is 0 Å². The van der Waals surface area contributed by atoms with Crippen molar-refractivity contribution < 1.29 is 24.2 Å². The average molecular weight is 408 g/mol. The molecule has 0 heterocycles. The lowest BCUT2D eigenvalue weighted by Crippen LogP contribution is -2.14. The van der Waals surface area contributed by atoms with E-state index in [4.69, 9.17) is 24.7 Å². The summed E-state index contributed by atoms with van der Waals surface area (Å²) in [6.45, 7) is 0.807. The Morgan fingerprint density at radius 3 is 2.33 bits per heavy atom. The fourth-order valence-electron chi connectivity index (χ4n) is 2.97. The molecule has 0 amide bonds. The molecule has 2 aromatic carbocycles. The number of hydrogen-bond acceptors (Lipinski definition) is 6. The van der Waals surface area contributed by atoms with Crippen LogP contribution in [0.4, 0.5) is 0 Å². The smallest absolute Gasteiger partial charge is 0.305 e. The first kappa shape index (κ1) is 21.2. The second-order valence-electron chi connectivity index (χ2n) is 7.11. The normalized spacial score (nSPS) is 14.5. The summed E-state index contributed by atoms with van der Waals surface area (Å²) in [5, 5.41) is 22.0. The Labute approximate surface area is 175 Å². The molecule has 1 N–H and O–H groups in total. The summed E-state index contributed by atoms with van der Waals surface area (Å²) in [6, 6.07) is 16.6. The predicted molar refractivity (Wildman–Crippen MR) is 110 cm³/mol. The Balaban J connectivity index is 1.49. The zero-order valence-corrected chi connectivity index (χ0v) is 16.8. The minimum absolute atomic E-state index is 0.218. The van der Waals surface area contributed by atoms with Crippen molar-refractivity contribution in [2.75, 3.05) is 13.7 Å². The van der Waals surface area contributed by atoms with E-state index in [1.54, 1.807) is 31.4 Å². The molecule has 30 heavy (non-hydrogen) atoms. The van der Waals surface area contributed by atoms with E-state index >= 15 is 0 Å². The van der Waals surface area contributed by atoms with Crippen LogP contribution in [0.2, 0.25) is 0 Å². The lowest BCUT2D eigenvalue weighted by molar-refractivity contribution is -0.137. The number of nitrogens with zero attached hydrogens (tertiary/aromatic N) is 2. The fraction of sp³-hybridized carbons (Fsp3) is 0.348. The van der Waals surface area contributed by atoms with Crippen molar-refractivity contribution in [2.24, 2.45) is 11.1 Å². The van der Waals surface area contributed by atoms with E-state index in [0.29, 0.717) is 30.4 Å². The number of carboxylic acid groups (broad SMARTS) is 1. The second kappa shape index (κ2) is 10.3. The number of oxime groups is 1. The Bertz CT molecular complexity index is 912. The molecule has 1 aliphatic carbocycles. The lowest BCUT2D eigenvalue weighted by atomic mass is 9.97. The summed E-state index contributed by atoms with van der Waals surface area (Å²) < 4.78 is 11.6. The van der Waals surface area contributed by atoms with Crippen LogP contribution in [0.15, 0.2) is 53.7 Å². The number of aliphatic carboxylic acids is 1. The van der Waals surface area contributed by atoms with Gasteiger partial charge in [-0.2, -0.15) is 5.26 Å². The maximum atomic E-state index is 10.8. The first-order valence-corrected chi connectivity index (χ1v) is 9.75. The van der Waals surface area contributed by atoms with Crippen molar-refractivity contribution in [3.05, 3.63) is 59.7 Å². The minimum Gasteiger partial charge on any atom is -0.489 e. The van der Waals surface area contributed by atoms with E-state index in [-0.39, 0.29) is 6.42 Å². The van der Waals surface area contributed by atoms with Gasteiger partial charge in [-0.15, -0.1) is 0 Å². The molecule has 3 rings (SSSR count). The van der Waals surface area contributed by atoms with Gasteiger partial charge in [0.25, 0.3) is 0 Å². The molecular weight excluding hydrogens is 384 g/mol. The summed E-state index contributed by atoms with van der Waals surface area (Å²) in [5.74, 6) is 0.226. The van der Waals surface area contributed by atoms with Crippen LogP contribution in [0.3, 0.4) is 0 Å². The standard InChI is InChI=1S/C23H24N2O5/c1-28-25-22(18-4-5-18)15-30-20-8-2-16(3-9-20)14-29-21-10-6-17(7-11-21)19(13-24)12-23(26)27/h2-3,6-11,18-19H,4-5,12,14-15H2,1H3,(H,26,27)/b25-22+. The van der Waals surface area contributed by atoms with Gasteiger partial charge in [0.2, 0.25) is 0 Å². The van der Waals surface area contributed by atoms with E-state index in [1.807, 2.05) is 30.3 Å². The van der Waals surface area contributed by atoms with Gasteiger partial charge in [-0.05, 0) is 48.2 Å². The zero-order valence-electron chi connectivity index (χ0n) is 16.8. The number of nitriles is 1. The second-order valence-corrected chi connectivity index (χ2v) is 7.11. The first-order chi connectivity index (χ1) is 14.6. The van der Waals surface area contributed by atoms with Gasteiger partial charge in [0.1, 0.15) is 31.8 Å². The molecule has 0 aliphatic heterocycles. The Kier molecular flexibility index (Phi) is 7.28. The van der Waals surface area contributed by atoms with Crippen LogP contribution < -0.4 is 9.47 Å². The van der Waals surface area contributed by atoms with Gasteiger partial charge in [-0.1, -0.05) is 29.4 Å². The molecule has 0 spiro atoms. The van der Waals surface area contributed by atoms with Gasteiger partial charge in [-0.3, -0.25) is 4.79 Å². The summed E-state index contributed by atoms with van der Waals surface area (Å²) in [5.41, 5.74) is 2.59. The molecule has 2 aromatic rings. The third-order valence-electron chi connectivity index (χ3n) is 4.79. The van der Waals surface area contributed by atoms with Crippen molar-refractivity contribution in [2.45, 2.75) is 31.8 Å². The lowest BCUT2D eigenvalue weighted by Gasteiger charge is -2.11. The zero-order chi connectivity index (χ0) is 21.3. The summed E-state index contributed by atoms with van der Waals surface area (Å²) in [7, 11) is 1.54. The monoisotopic (exact) mass is 408 g/mol. The van der Waals surface area contributed by atoms with Gasteiger partial charge in [0.05, 0.1) is 24.1 Å². The van der Waals surface area contributed by atoms with Crippen molar-refractivity contribution in [3.8, 4) is 17.6 Å². The fourth-order valence-corrected chi connectivity index (χ4v) is 2.97. The minimum atomic E-state index is -0.996. The Morgan fingerprint density at radius 2 is 1.77 bits per heavy atom. The van der Waals surface area contributed by atoms with Crippen LogP contribution in [0.5, 0.6) is 11.5 Å². The van der Waals surface area contributed by atoms with Crippen LogP contribution in [0, 0.1) is 17.2 Å². The van der Waals surface area contributed by atoms with Crippen LogP contribution in [-0.2, 0) is 16.2 Å². The summed E-state index contributed by atoms with van der Waals surface area (Å²) in [4.78, 5) is 15.7. The average Bonchev–Trinajstić information content (AvgIpc) is 3.60. The highest BCUT2D eigenvalue weighted by atomic mass is 16.6. The van der Waals surface area contributed by atoms with Gasteiger partial charge in [0, 0.05) is 5.92 Å². The van der Waals surface area contributed by atoms with Crippen molar-refractivity contribution in [1.29, 1.82) is 5.26 Å². The third-order valence-corrected chi connectivity index (χ3v) is 4.79. The molecule has 156 valence electrons. The van der Waals surface area contributed by atoms with Crippen molar-refractivity contribution >= 4 is 11.7 Å². The first-order valence-electron chi connectivity index (χ1n) is 9.75. The number of carbonyl (C=O) groups is 1. The van der Waals surface area contributed by atoms with E-state index in [0.717, 1.165) is 29.9 Å². The largest absolute Gasteiger partial charge is 0.489 e. The predicted octanol–water partition coefficient (Wildman–Crippen LogP) is 4.14. The maximum Gasteiger partial charge on any atom is 0.305 e. The van der Waals surface area contributed by atoms with Crippen LogP contribution in [0.25, 0.3) is 0 Å². The molecular formula is C23H24N2O5. The van der Waals surface area contributed by atoms with E-state index < -0.39 is 11.9 Å². The molecule has 7 heteroatoms. The van der Waals surface area contributed by atoms with Crippen molar-refractivity contribution in [1.82, 2.24) is 0 Å². The van der Waals surface area contributed by atoms with E-state index in [9.17, 15) is 4.79 Å². The van der Waals surface area contributed by atoms with Crippen LogP contribution in [0.1, 0.15) is 36.3 Å². The van der Waals surface area contributed by atoms with Gasteiger partial charge >= 0.3 is 5.97 Å². The SMILES string of the molecule is CO/N=C(\COc1ccc(COc2ccc(C(C#N)CC(=O)O)cc2)cc1)C1CC1. The summed E-state index contributed by atoms with van der Waals surface area (Å²) in [6.07, 6.45) is 2.06. The Hall–Kier alpha value is -3.53. The molecule has 0 bridgehead atoms. The highest BCUT2D eigenvalue weighted by molar-refractivity contribution is 5.89. The molecule has 1 saturated carbocycles. The number of carboxylic acids is 1. The number of benzene rings is 2. The molecule has 7 nitrogen and oxygen atoms in total. The highest BCUT2D eigenvalue weighted by Crippen LogP contribution is 2.31. The quantitative estimate of drug-likeness (QED) is 0.443. The molecule has 1 fully saturated rings. The molecule has 0 radical (unpaired) electrons. The third kappa shape index (κ3) is 6.24. The van der Waals surface area contributed by atoms with Gasteiger partial charge in [-0.25, -0.2) is 0 Å². The van der Waals surface area contributed by atoms with Gasteiger partial charge < -0.3 is 19.4 Å². The van der Waals surface area contributed by atoms with Gasteiger partial charge in [0.15, 0.2) is 0 Å². The molecule has 1 atom stereocenters. The number of rotatable bonds is 11. The van der Waals surface area contributed by atoms with E-state index in [1.165, 1.54) is 0 Å². The molecule has 0 aromatic heterocycles. The van der Waals surface area contributed by atoms with Crippen LogP contribution in [-0.4, -0.2) is 30.5 Å². The molecule has 1 unspecified atom stereocenters. The molecule has 0 saturated heterocycles.